The second-order valence-corrected chi connectivity index (χ2v) is 7.26. The predicted octanol–water partition coefficient (Wildman–Crippen LogP) is 4.33. The van der Waals surface area contributed by atoms with E-state index in [1.54, 1.807) is 52.0 Å². The Labute approximate surface area is 174 Å². The zero-order chi connectivity index (χ0) is 21.7. The molecular formula is C22H22ClNO5. The summed E-state index contributed by atoms with van der Waals surface area (Å²) in [5.74, 6) is 3.83. The molecule has 0 aliphatic heterocycles. The van der Waals surface area contributed by atoms with Crippen molar-refractivity contribution in [1.82, 2.24) is 4.57 Å². The minimum Gasteiger partial charge on any atom is -0.459 e. The molecule has 152 valence electrons. The van der Waals surface area contributed by atoms with Gasteiger partial charge in [0.2, 0.25) is 5.91 Å². The van der Waals surface area contributed by atoms with Crippen molar-refractivity contribution >= 4 is 29.4 Å². The fourth-order valence-electron chi connectivity index (χ4n) is 2.45. The maximum Gasteiger partial charge on any atom is 0.356 e. The van der Waals surface area contributed by atoms with E-state index in [1.165, 1.54) is 13.1 Å². The number of nitrogens with zero attached hydrogens (tertiary/aromatic N) is 1. The molecule has 2 aromatic rings. The van der Waals surface area contributed by atoms with E-state index >= 15 is 0 Å². The van der Waals surface area contributed by atoms with E-state index in [9.17, 15) is 14.4 Å². The standard InChI is InChI=1S/C22H22ClNO5/c1-13(2)28-21(26)19-12-24(15(5)25)20(22(27)29-14(3)4)18(19)11-8-16-6-9-17(23)10-7-16/h6-7,9-10,12-14H,1-5H3. The summed E-state index contributed by atoms with van der Waals surface area (Å²) in [4.78, 5) is 37.4. The van der Waals surface area contributed by atoms with E-state index in [4.69, 9.17) is 21.1 Å². The van der Waals surface area contributed by atoms with Gasteiger partial charge in [-0.2, -0.15) is 0 Å². The molecule has 0 saturated heterocycles. The highest BCUT2D eigenvalue weighted by molar-refractivity contribution is 6.30. The number of hydrogen-bond donors (Lipinski definition) is 0. The van der Waals surface area contributed by atoms with Crippen molar-refractivity contribution in [3.8, 4) is 11.8 Å². The fraction of sp³-hybridized carbons (Fsp3) is 0.318. The van der Waals surface area contributed by atoms with Gasteiger partial charge in [-0.25, -0.2) is 9.59 Å². The SMILES string of the molecule is CC(=O)n1cc(C(=O)OC(C)C)c(C#Cc2ccc(Cl)cc2)c1C(=O)OC(C)C. The normalized spacial score (nSPS) is 10.5. The second-order valence-electron chi connectivity index (χ2n) is 6.82. The first-order valence-corrected chi connectivity index (χ1v) is 9.43. The van der Waals surface area contributed by atoms with E-state index in [0.717, 1.165) is 4.57 Å². The first-order valence-electron chi connectivity index (χ1n) is 9.06. The molecule has 29 heavy (non-hydrogen) atoms. The fourth-order valence-corrected chi connectivity index (χ4v) is 2.58. The van der Waals surface area contributed by atoms with Crippen LogP contribution in [-0.2, 0) is 9.47 Å². The first-order chi connectivity index (χ1) is 13.6. The van der Waals surface area contributed by atoms with Crippen molar-refractivity contribution in [2.75, 3.05) is 0 Å². The van der Waals surface area contributed by atoms with Crippen LogP contribution in [0.15, 0.2) is 30.5 Å². The number of benzene rings is 1. The van der Waals surface area contributed by atoms with Crippen molar-refractivity contribution in [2.45, 2.75) is 46.8 Å². The largest absolute Gasteiger partial charge is 0.459 e. The van der Waals surface area contributed by atoms with Crippen LogP contribution in [-0.4, -0.2) is 34.6 Å². The van der Waals surface area contributed by atoms with E-state index in [-0.39, 0.29) is 22.9 Å². The molecule has 0 aliphatic rings. The van der Waals surface area contributed by atoms with E-state index < -0.39 is 23.9 Å². The Morgan fingerprint density at radius 3 is 2.00 bits per heavy atom. The molecule has 0 atom stereocenters. The number of hydrogen-bond acceptors (Lipinski definition) is 5. The van der Waals surface area contributed by atoms with Crippen LogP contribution >= 0.6 is 11.6 Å². The molecule has 1 aromatic heterocycles. The second kappa shape index (κ2) is 9.44. The molecule has 0 radical (unpaired) electrons. The number of carbonyl (C=O) groups excluding carboxylic acids is 3. The quantitative estimate of drug-likeness (QED) is 0.548. The third-order valence-corrected chi connectivity index (χ3v) is 3.87. The number of rotatable bonds is 4. The molecule has 0 spiro atoms. The number of aromatic nitrogens is 1. The lowest BCUT2D eigenvalue weighted by molar-refractivity contribution is 0.0361. The third-order valence-electron chi connectivity index (χ3n) is 3.62. The molecule has 0 aliphatic carbocycles. The topological polar surface area (TPSA) is 74.6 Å². The van der Waals surface area contributed by atoms with Crippen LogP contribution in [0.3, 0.4) is 0 Å². The molecule has 0 bridgehead atoms. The number of ether oxygens (including phenoxy) is 2. The molecule has 1 heterocycles. The molecule has 7 heteroatoms. The van der Waals surface area contributed by atoms with Gasteiger partial charge in [0, 0.05) is 23.7 Å². The highest BCUT2D eigenvalue weighted by atomic mass is 35.5. The van der Waals surface area contributed by atoms with Crippen LogP contribution in [0.1, 0.15) is 71.4 Å². The Morgan fingerprint density at radius 1 is 0.931 bits per heavy atom. The average Bonchev–Trinajstić information content (AvgIpc) is 3.00. The van der Waals surface area contributed by atoms with E-state index in [0.29, 0.717) is 10.6 Å². The molecule has 6 nitrogen and oxygen atoms in total. The van der Waals surface area contributed by atoms with Crippen molar-refractivity contribution in [3.05, 3.63) is 57.9 Å². The lowest BCUT2D eigenvalue weighted by Crippen LogP contribution is -2.19. The summed E-state index contributed by atoms with van der Waals surface area (Å²) in [5, 5.41) is 0.556. The highest BCUT2D eigenvalue weighted by Crippen LogP contribution is 2.21. The van der Waals surface area contributed by atoms with Crippen molar-refractivity contribution < 1.29 is 23.9 Å². The zero-order valence-electron chi connectivity index (χ0n) is 16.9. The van der Waals surface area contributed by atoms with Gasteiger partial charge in [0.1, 0.15) is 0 Å². The lowest BCUT2D eigenvalue weighted by atomic mass is 10.1. The zero-order valence-corrected chi connectivity index (χ0v) is 17.7. The summed E-state index contributed by atoms with van der Waals surface area (Å²) in [6, 6.07) is 6.76. The Hall–Kier alpha value is -3.04. The van der Waals surface area contributed by atoms with Crippen LogP contribution in [0, 0.1) is 11.8 Å². The Balaban J connectivity index is 2.68. The van der Waals surface area contributed by atoms with Gasteiger partial charge < -0.3 is 9.47 Å². The molecule has 0 amide bonds. The maximum atomic E-state index is 12.7. The van der Waals surface area contributed by atoms with Gasteiger partial charge in [-0.3, -0.25) is 9.36 Å². The van der Waals surface area contributed by atoms with Gasteiger partial charge in [-0.15, -0.1) is 0 Å². The summed E-state index contributed by atoms with van der Waals surface area (Å²) in [5.41, 5.74) is 0.609. The monoisotopic (exact) mass is 415 g/mol. The molecule has 2 rings (SSSR count). The molecule has 0 saturated carbocycles. The van der Waals surface area contributed by atoms with Gasteiger partial charge in [-0.05, 0) is 52.0 Å². The van der Waals surface area contributed by atoms with E-state index in [2.05, 4.69) is 11.8 Å². The van der Waals surface area contributed by atoms with Gasteiger partial charge >= 0.3 is 11.9 Å². The summed E-state index contributed by atoms with van der Waals surface area (Å²) in [7, 11) is 0. The van der Waals surface area contributed by atoms with Gasteiger partial charge in [0.05, 0.1) is 23.3 Å². The minimum atomic E-state index is -0.751. The summed E-state index contributed by atoms with van der Waals surface area (Å²) in [6.07, 6.45) is 0.461. The van der Waals surface area contributed by atoms with E-state index in [1.807, 2.05) is 0 Å². The summed E-state index contributed by atoms with van der Waals surface area (Å²) in [6.45, 7) is 8.05. The van der Waals surface area contributed by atoms with Crippen LogP contribution in [0.2, 0.25) is 5.02 Å². The average molecular weight is 416 g/mol. The van der Waals surface area contributed by atoms with Crippen LogP contribution in [0.5, 0.6) is 0 Å². The highest BCUT2D eigenvalue weighted by Gasteiger charge is 2.28. The van der Waals surface area contributed by atoms with Crippen molar-refractivity contribution in [2.24, 2.45) is 0 Å². The molecular weight excluding hydrogens is 394 g/mol. The van der Waals surface area contributed by atoms with Crippen LogP contribution in [0.4, 0.5) is 0 Å². The van der Waals surface area contributed by atoms with Gasteiger partial charge in [0.25, 0.3) is 0 Å². The maximum absolute atomic E-state index is 12.7. The van der Waals surface area contributed by atoms with Crippen LogP contribution in [0.25, 0.3) is 0 Å². The molecule has 0 fully saturated rings. The van der Waals surface area contributed by atoms with Crippen molar-refractivity contribution in [3.63, 3.8) is 0 Å². The third kappa shape index (κ3) is 5.72. The summed E-state index contributed by atoms with van der Waals surface area (Å²) < 4.78 is 11.6. The van der Waals surface area contributed by atoms with Gasteiger partial charge in [-0.1, -0.05) is 23.4 Å². The number of esters is 2. The Morgan fingerprint density at radius 2 is 1.48 bits per heavy atom. The number of halogens is 1. The first kappa shape index (κ1) is 22.3. The molecule has 1 aromatic carbocycles. The Kier molecular flexibility index (Phi) is 7.24. The Bertz CT molecular complexity index is 991. The van der Waals surface area contributed by atoms with Crippen LogP contribution < -0.4 is 0 Å². The lowest BCUT2D eigenvalue weighted by Gasteiger charge is -2.10. The smallest absolute Gasteiger partial charge is 0.356 e. The summed E-state index contributed by atoms with van der Waals surface area (Å²) >= 11 is 5.89. The minimum absolute atomic E-state index is 0.0195. The molecule has 0 N–H and O–H groups in total. The molecule has 0 unspecified atom stereocenters. The van der Waals surface area contributed by atoms with Crippen molar-refractivity contribution in [1.29, 1.82) is 0 Å². The predicted molar refractivity (Wildman–Crippen MR) is 109 cm³/mol. The van der Waals surface area contributed by atoms with Gasteiger partial charge in [0.15, 0.2) is 5.69 Å². The number of carbonyl (C=O) groups is 3.